The minimum atomic E-state index is -0.201. The van der Waals surface area contributed by atoms with Crippen LogP contribution in [-0.4, -0.2) is 41.1 Å². The highest BCUT2D eigenvalue weighted by Crippen LogP contribution is 2.28. The minimum absolute atomic E-state index is 0.201. The summed E-state index contributed by atoms with van der Waals surface area (Å²) in [5.74, 6) is 0.841. The van der Waals surface area contributed by atoms with Crippen LogP contribution in [0.3, 0.4) is 0 Å². The fourth-order valence-corrected chi connectivity index (χ4v) is 2.37. The Kier molecular flexibility index (Phi) is 7.71. The van der Waals surface area contributed by atoms with Crippen molar-refractivity contribution in [2.75, 3.05) is 19.8 Å². The van der Waals surface area contributed by atoms with E-state index >= 15 is 0 Å². The number of benzene rings is 1. The fourth-order valence-electron chi connectivity index (χ4n) is 2.37. The van der Waals surface area contributed by atoms with Gasteiger partial charge in [0, 0.05) is 31.7 Å². The van der Waals surface area contributed by atoms with Crippen LogP contribution in [0, 0.1) is 0 Å². The summed E-state index contributed by atoms with van der Waals surface area (Å²) < 4.78 is 18.7. The van der Waals surface area contributed by atoms with Gasteiger partial charge in [-0.25, -0.2) is 0 Å². The number of ether oxygens (including phenoxy) is 3. The average Bonchev–Trinajstić information content (AvgIpc) is 3.07. The molecule has 1 aromatic heterocycles. The molecule has 0 fully saturated rings. The van der Waals surface area contributed by atoms with E-state index in [4.69, 9.17) is 14.2 Å². The van der Waals surface area contributed by atoms with Crippen molar-refractivity contribution >= 4 is 0 Å². The molecule has 132 valence electrons. The number of rotatable bonds is 11. The van der Waals surface area contributed by atoms with E-state index in [0.29, 0.717) is 26.4 Å². The van der Waals surface area contributed by atoms with Gasteiger partial charge in [-0.2, -0.15) is 0 Å². The normalized spacial score (nSPS) is 11.2. The topological polar surface area (TPSA) is 58.4 Å². The first kappa shape index (κ1) is 18.4. The second kappa shape index (κ2) is 10.1. The van der Waals surface area contributed by atoms with Crippen LogP contribution in [0.2, 0.25) is 0 Å². The summed E-state index contributed by atoms with van der Waals surface area (Å²) >= 11 is 0. The van der Waals surface area contributed by atoms with Gasteiger partial charge < -0.3 is 14.2 Å². The summed E-state index contributed by atoms with van der Waals surface area (Å²) in [6.07, 6.45) is 3.44. The quantitative estimate of drug-likeness (QED) is 0.589. The third-order valence-corrected chi connectivity index (χ3v) is 3.46. The lowest BCUT2D eigenvalue weighted by Crippen LogP contribution is -2.19. The molecule has 0 bridgehead atoms. The van der Waals surface area contributed by atoms with Crippen molar-refractivity contribution in [1.82, 2.24) is 15.0 Å². The van der Waals surface area contributed by atoms with Gasteiger partial charge >= 0.3 is 0 Å². The predicted octanol–water partition coefficient (Wildman–Crippen LogP) is 3.52. The molecular weight excluding hydrogens is 306 g/mol. The Morgan fingerprint density at radius 1 is 1.08 bits per heavy atom. The molecule has 0 aliphatic heterocycles. The third-order valence-electron chi connectivity index (χ3n) is 3.46. The molecule has 0 unspecified atom stereocenters. The second-order valence-corrected chi connectivity index (χ2v) is 5.34. The molecule has 0 amide bonds. The number of hydrogen-bond acceptors (Lipinski definition) is 5. The summed E-state index contributed by atoms with van der Waals surface area (Å²) in [6, 6.07) is 7.91. The molecule has 1 heterocycles. The molecule has 2 rings (SSSR count). The SMILES string of the molecule is CCCOc1ccccc1-c1cn(CCC(OCC)OCC)nn1. The van der Waals surface area contributed by atoms with Gasteiger partial charge in [0.1, 0.15) is 11.4 Å². The summed E-state index contributed by atoms with van der Waals surface area (Å²) in [5.41, 5.74) is 1.77. The Bertz CT molecular complexity index is 595. The zero-order chi connectivity index (χ0) is 17.2. The highest BCUT2D eigenvalue weighted by atomic mass is 16.7. The van der Waals surface area contributed by atoms with Gasteiger partial charge in [0.25, 0.3) is 0 Å². The standard InChI is InChI=1S/C18H27N3O3/c1-4-13-24-17-10-8-7-9-15(17)16-14-21(20-19-16)12-11-18(22-5-2)23-6-3/h7-10,14,18H,4-6,11-13H2,1-3H3. The van der Waals surface area contributed by atoms with Gasteiger partial charge in [0.2, 0.25) is 0 Å². The van der Waals surface area contributed by atoms with Crippen molar-refractivity contribution in [1.29, 1.82) is 0 Å². The van der Waals surface area contributed by atoms with Crippen molar-refractivity contribution in [3.05, 3.63) is 30.5 Å². The monoisotopic (exact) mass is 333 g/mol. The van der Waals surface area contributed by atoms with E-state index in [1.54, 1.807) is 0 Å². The molecule has 0 saturated heterocycles. The van der Waals surface area contributed by atoms with Gasteiger partial charge in [-0.05, 0) is 32.4 Å². The zero-order valence-electron chi connectivity index (χ0n) is 14.8. The molecule has 0 N–H and O–H groups in total. The summed E-state index contributed by atoms with van der Waals surface area (Å²) in [4.78, 5) is 0. The van der Waals surface area contributed by atoms with Crippen LogP contribution in [-0.2, 0) is 16.0 Å². The van der Waals surface area contributed by atoms with E-state index in [0.717, 1.165) is 29.8 Å². The smallest absolute Gasteiger partial charge is 0.159 e. The maximum atomic E-state index is 5.80. The predicted molar refractivity (Wildman–Crippen MR) is 92.9 cm³/mol. The maximum Gasteiger partial charge on any atom is 0.159 e. The Balaban J connectivity index is 2.02. The molecule has 6 nitrogen and oxygen atoms in total. The second-order valence-electron chi connectivity index (χ2n) is 5.34. The van der Waals surface area contributed by atoms with Crippen LogP contribution < -0.4 is 4.74 Å². The maximum absolute atomic E-state index is 5.80. The van der Waals surface area contributed by atoms with Crippen LogP contribution in [0.25, 0.3) is 11.3 Å². The van der Waals surface area contributed by atoms with Crippen LogP contribution in [0.1, 0.15) is 33.6 Å². The van der Waals surface area contributed by atoms with Crippen molar-refractivity contribution < 1.29 is 14.2 Å². The lowest BCUT2D eigenvalue weighted by Gasteiger charge is -2.16. The zero-order valence-corrected chi connectivity index (χ0v) is 14.8. The van der Waals surface area contributed by atoms with E-state index in [2.05, 4.69) is 17.2 Å². The van der Waals surface area contributed by atoms with Gasteiger partial charge in [0.15, 0.2) is 6.29 Å². The molecule has 1 aromatic carbocycles. The minimum Gasteiger partial charge on any atom is -0.493 e. The molecule has 2 aromatic rings. The first-order chi connectivity index (χ1) is 11.8. The Morgan fingerprint density at radius 2 is 1.83 bits per heavy atom. The van der Waals surface area contributed by atoms with Crippen molar-refractivity contribution in [2.24, 2.45) is 0 Å². The molecule has 0 spiro atoms. The van der Waals surface area contributed by atoms with E-state index in [9.17, 15) is 0 Å². The molecule has 0 atom stereocenters. The van der Waals surface area contributed by atoms with Crippen LogP contribution in [0.4, 0.5) is 0 Å². The lowest BCUT2D eigenvalue weighted by molar-refractivity contribution is -0.141. The first-order valence-corrected chi connectivity index (χ1v) is 8.64. The Hall–Kier alpha value is -1.92. The van der Waals surface area contributed by atoms with Gasteiger partial charge in [-0.3, -0.25) is 4.68 Å². The first-order valence-electron chi connectivity index (χ1n) is 8.64. The molecule has 0 radical (unpaired) electrons. The molecule has 6 heteroatoms. The highest BCUT2D eigenvalue weighted by molar-refractivity contribution is 5.66. The number of aryl methyl sites for hydroxylation is 1. The van der Waals surface area contributed by atoms with E-state index in [1.807, 2.05) is 49.0 Å². The Morgan fingerprint density at radius 3 is 2.54 bits per heavy atom. The molecule has 0 aliphatic carbocycles. The van der Waals surface area contributed by atoms with Crippen molar-refractivity contribution in [3.63, 3.8) is 0 Å². The highest BCUT2D eigenvalue weighted by Gasteiger charge is 2.12. The van der Waals surface area contributed by atoms with Gasteiger partial charge in [0.05, 0.1) is 12.8 Å². The van der Waals surface area contributed by atoms with Crippen molar-refractivity contribution in [3.8, 4) is 17.0 Å². The third kappa shape index (κ3) is 5.32. The van der Waals surface area contributed by atoms with Crippen LogP contribution >= 0.6 is 0 Å². The Labute approximate surface area is 143 Å². The van der Waals surface area contributed by atoms with Crippen molar-refractivity contribution in [2.45, 2.75) is 46.4 Å². The van der Waals surface area contributed by atoms with Gasteiger partial charge in [-0.1, -0.05) is 24.3 Å². The number of aromatic nitrogens is 3. The molecule has 0 aliphatic rings. The van der Waals surface area contributed by atoms with Gasteiger partial charge in [-0.15, -0.1) is 5.10 Å². The number of nitrogens with zero attached hydrogens (tertiary/aromatic N) is 3. The van der Waals surface area contributed by atoms with Crippen LogP contribution in [0.5, 0.6) is 5.75 Å². The van der Waals surface area contributed by atoms with E-state index in [-0.39, 0.29) is 6.29 Å². The van der Waals surface area contributed by atoms with Crippen LogP contribution in [0.15, 0.2) is 30.5 Å². The number of para-hydroxylation sites is 1. The summed E-state index contributed by atoms with van der Waals surface area (Å²) in [5, 5.41) is 8.48. The summed E-state index contributed by atoms with van der Waals surface area (Å²) in [6.45, 7) is 8.67. The molecule has 0 saturated carbocycles. The largest absolute Gasteiger partial charge is 0.493 e. The number of hydrogen-bond donors (Lipinski definition) is 0. The molecule has 24 heavy (non-hydrogen) atoms. The fraction of sp³-hybridized carbons (Fsp3) is 0.556. The summed E-state index contributed by atoms with van der Waals surface area (Å²) in [7, 11) is 0. The van der Waals surface area contributed by atoms with E-state index in [1.165, 1.54) is 0 Å². The molecular formula is C18H27N3O3. The van der Waals surface area contributed by atoms with E-state index < -0.39 is 0 Å². The average molecular weight is 333 g/mol. The lowest BCUT2D eigenvalue weighted by atomic mass is 10.1.